The number of aromatic amines is 2. The Morgan fingerprint density at radius 3 is 2.95 bits per heavy atom. The Bertz CT molecular complexity index is 721. The molecule has 19 heavy (non-hydrogen) atoms. The van der Waals surface area contributed by atoms with Gasteiger partial charge in [-0.25, -0.2) is 0 Å². The summed E-state index contributed by atoms with van der Waals surface area (Å²) in [6.07, 6.45) is 0. The van der Waals surface area contributed by atoms with Crippen LogP contribution in [-0.4, -0.2) is 41.9 Å². The standard InChI is InChI=1S/C9H7BrN8O/c10-4-1-5(8-6(2-4)12-16-15-8)9(19)11-3-7-13-17-18-14-7/h1-2H,3H2,(H,11,19)(H,12,15,16)(H,13,14,17,18). The normalized spacial score (nSPS) is 10.8. The van der Waals surface area contributed by atoms with Gasteiger partial charge in [0.05, 0.1) is 12.1 Å². The third-order valence-corrected chi connectivity index (χ3v) is 2.89. The van der Waals surface area contributed by atoms with Gasteiger partial charge < -0.3 is 5.32 Å². The number of tetrazole rings is 1. The molecular weight excluding hydrogens is 316 g/mol. The van der Waals surface area contributed by atoms with Crippen molar-refractivity contribution >= 4 is 32.9 Å². The molecule has 0 saturated heterocycles. The number of hydrogen-bond donors (Lipinski definition) is 3. The molecule has 0 saturated carbocycles. The van der Waals surface area contributed by atoms with Gasteiger partial charge in [-0.1, -0.05) is 21.1 Å². The third-order valence-electron chi connectivity index (χ3n) is 2.43. The summed E-state index contributed by atoms with van der Waals surface area (Å²) in [5.41, 5.74) is 1.54. The van der Waals surface area contributed by atoms with Crippen LogP contribution in [0.1, 0.15) is 16.2 Å². The second-order valence-corrected chi connectivity index (χ2v) is 4.57. The minimum absolute atomic E-state index is 0.182. The number of aromatic nitrogens is 7. The fourth-order valence-electron chi connectivity index (χ4n) is 1.60. The van der Waals surface area contributed by atoms with E-state index in [9.17, 15) is 4.79 Å². The average Bonchev–Trinajstić information content (AvgIpc) is 3.05. The zero-order valence-electron chi connectivity index (χ0n) is 9.38. The molecule has 0 bridgehead atoms. The lowest BCUT2D eigenvalue weighted by Crippen LogP contribution is -2.23. The maximum atomic E-state index is 12.1. The first-order valence-electron chi connectivity index (χ1n) is 5.24. The van der Waals surface area contributed by atoms with Gasteiger partial charge in [-0.05, 0) is 12.1 Å². The smallest absolute Gasteiger partial charge is 0.254 e. The molecule has 0 radical (unpaired) electrons. The van der Waals surface area contributed by atoms with Crippen LogP contribution in [0.3, 0.4) is 0 Å². The minimum Gasteiger partial charge on any atom is -0.345 e. The van der Waals surface area contributed by atoms with Crippen LogP contribution >= 0.6 is 15.9 Å². The highest BCUT2D eigenvalue weighted by molar-refractivity contribution is 9.10. The maximum Gasteiger partial charge on any atom is 0.254 e. The van der Waals surface area contributed by atoms with Crippen LogP contribution in [0.5, 0.6) is 0 Å². The molecule has 1 amide bonds. The van der Waals surface area contributed by atoms with Gasteiger partial charge in [-0.2, -0.15) is 20.6 Å². The van der Waals surface area contributed by atoms with E-state index in [1.165, 1.54) is 0 Å². The summed E-state index contributed by atoms with van der Waals surface area (Å²) in [6.45, 7) is 0.182. The summed E-state index contributed by atoms with van der Waals surface area (Å²) in [5.74, 6) is 0.116. The lowest BCUT2D eigenvalue weighted by atomic mass is 10.1. The van der Waals surface area contributed by atoms with Crippen molar-refractivity contribution in [1.29, 1.82) is 0 Å². The van der Waals surface area contributed by atoms with Gasteiger partial charge in [0, 0.05) is 4.47 Å². The van der Waals surface area contributed by atoms with E-state index in [0.717, 1.165) is 4.47 Å². The largest absolute Gasteiger partial charge is 0.345 e. The van der Waals surface area contributed by atoms with Crippen LogP contribution in [0.25, 0.3) is 11.0 Å². The highest BCUT2D eigenvalue weighted by Crippen LogP contribution is 2.20. The number of H-pyrrole nitrogens is 2. The molecule has 3 rings (SSSR count). The summed E-state index contributed by atoms with van der Waals surface area (Å²) < 4.78 is 0.749. The number of nitrogens with one attached hydrogen (secondary N) is 3. The van der Waals surface area contributed by atoms with Crippen molar-refractivity contribution in [3.8, 4) is 0 Å². The molecule has 0 unspecified atom stereocenters. The van der Waals surface area contributed by atoms with Crippen LogP contribution in [-0.2, 0) is 6.54 Å². The molecule has 0 aliphatic carbocycles. The number of halogens is 1. The molecule has 10 heteroatoms. The number of amides is 1. The van der Waals surface area contributed by atoms with Crippen molar-refractivity contribution in [2.45, 2.75) is 6.54 Å². The number of fused-ring (bicyclic) bond motifs is 1. The second-order valence-electron chi connectivity index (χ2n) is 3.66. The van der Waals surface area contributed by atoms with Crippen LogP contribution in [0, 0.1) is 0 Å². The van der Waals surface area contributed by atoms with Gasteiger partial charge in [0.25, 0.3) is 5.91 Å². The molecular formula is C9H7BrN8O. The Morgan fingerprint density at radius 2 is 2.16 bits per heavy atom. The Kier molecular flexibility index (Phi) is 2.91. The van der Waals surface area contributed by atoms with Gasteiger partial charge in [-0.15, -0.1) is 10.2 Å². The zero-order valence-corrected chi connectivity index (χ0v) is 11.0. The number of rotatable bonds is 3. The molecule has 9 nitrogen and oxygen atoms in total. The van der Waals surface area contributed by atoms with Gasteiger partial charge in [0.1, 0.15) is 11.0 Å². The zero-order chi connectivity index (χ0) is 13.2. The Morgan fingerprint density at radius 1 is 1.26 bits per heavy atom. The molecule has 3 N–H and O–H groups in total. The van der Waals surface area contributed by atoms with Gasteiger partial charge in [0.15, 0.2) is 5.82 Å². The topological polar surface area (TPSA) is 125 Å². The van der Waals surface area contributed by atoms with Crippen LogP contribution in [0.2, 0.25) is 0 Å². The molecule has 3 aromatic rings. The SMILES string of the molecule is O=C(NCc1nn[nH]n1)c1cc(Br)cc2n[nH]nc12. The van der Waals surface area contributed by atoms with Crippen LogP contribution < -0.4 is 5.32 Å². The summed E-state index contributed by atoms with van der Waals surface area (Å²) >= 11 is 3.32. The van der Waals surface area contributed by atoms with E-state index >= 15 is 0 Å². The molecule has 2 aromatic heterocycles. The molecule has 96 valence electrons. The van der Waals surface area contributed by atoms with Crippen molar-refractivity contribution in [2.75, 3.05) is 0 Å². The summed E-state index contributed by atoms with van der Waals surface area (Å²) in [4.78, 5) is 12.1. The van der Waals surface area contributed by atoms with Gasteiger partial charge in [0.2, 0.25) is 0 Å². The molecule has 0 aliphatic heterocycles. The molecule has 0 spiro atoms. The van der Waals surface area contributed by atoms with Gasteiger partial charge in [-0.3, -0.25) is 4.79 Å². The molecule has 2 heterocycles. The fraction of sp³-hybridized carbons (Fsp3) is 0.111. The summed E-state index contributed by atoms with van der Waals surface area (Å²) in [5, 5.41) is 26.3. The average molecular weight is 323 g/mol. The maximum absolute atomic E-state index is 12.1. The fourth-order valence-corrected chi connectivity index (χ4v) is 2.05. The van der Waals surface area contributed by atoms with Crippen molar-refractivity contribution in [2.24, 2.45) is 0 Å². The van der Waals surface area contributed by atoms with E-state index in [1.807, 2.05) is 0 Å². The number of benzene rings is 1. The van der Waals surface area contributed by atoms with E-state index in [0.29, 0.717) is 22.4 Å². The number of carbonyl (C=O) groups excluding carboxylic acids is 1. The quantitative estimate of drug-likeness (QED) is 0.631. The Labute approximate surface area is 114 Å². The first-order valence-corrected chi connectivity index (χ1v) is 6.04. The molecule has 0 fully saturated rings. The lowest BCUT2D eigenvalue weighted by Gasteiger charge is -2.03. The number of hydrogen-bond acceptors (Lipinski definition) is 6. The highest BCUT2D eigenvalue weighted by Gasteiger charge is 2.14. The van der Waals surface area contributed by atoms with Crippen molar-refractivity contribution in [3.63, 3.8) is 0 Å². The lowest BCUT2D eigenvalue weighted by molar-refractivity contribution is 0.0951. The molecule has 0 atom stereocenters. The van der Waals surface area contributed by atoms with Crippen molar-refractivity contribution in [1.82, 2.24) is 41.4 Å². The van der Waals surface area contributed by atoms with Crippen LogP contribution in [0.15, 0.2) is 16.6 Å². The first kappa shape index (κ1) is 11.7. The molecule has 0 aliphatic rings. The van der Waals surface area contributed by atoms with Crippen LogP contribution in [0.4, 0.5) is 0 Å². The highest BCUT2D eigenvalue weighted by atomic mass is 79.9. The third kappa shape index (κ3) is 2.29. The summed E-state index contributed by atoms with van der Waals surface area (Å²) in [7, 11) is 0. The number of nitrogens with zero attached hydrogens (tertiary/aromatic N) is 5. The predicted octanol–water partition coefficient (Wildman–Crippen LogP) is 0.163. The van der Waals surface area contributed by atoms with Gasteiger partial charge >= 0.3 is 0 Å². The van der Waals surface area contributed by atoms with E-state index in [1.54, 1.807) is 12.1 Å². The van der Waals surface area contributed by atoms with E-state index < -0.39 is 0 Å². The Balaban J connectivity index is 1.86. The second kappa shape index (κ2) is 4.72. The first-order chi connectivity index (χ1) is 9.24. The number of carbonyl (C=O) groups is 1. The van der Waals surface area contributed by atoms with E-state index in [4.69, 9.17) is 0 Å². The van der Waals surface area contributed by atoms with E-state index in [-0.39, 0.29) is 12.5 Å². The van der Waals surface area contributed by atoms with E-state index in [2.05, 4.69) is 57.3 Å². The predicted molar refractivity (Wildman–Crippen MR) is 66.9 cm³/mol. The Hall–Kier alpha value is -2.36. The molecule has 1 aromatic carbocycles. The van der Waals surface area contributed by atoms with Crippen molar-refractivity contribution < 1.29 is 4.79 Å². The van der Waals surface area contributed by atoms with Crippen molar-refractivity contribution in [3.05, 3.63) is 28.0 Å². The monoisotopic (exact) mass is 322 g/mol. The summed E-state index contributed by atoms with van der Waals surface area (Å²) in [6, 6.07) is 3.45. The minimum atomic E-state index is -0.287.